The molecule has 572 valence electrons. The van der Waals surface area contributed by atoms with E-state index >= 15 is 0 Å². The van der Waals surface area contributed by atoms with Crippen molar-refractivity contribution in [3.8, 4) is 0 Å². The topological polar surface area (TPSA) is 801 Å². The van der Waals surface area contributed by atoms with Crippen molar-refractivity contribution in [2.45, 2.75) is 205 Å². The van der Waals surface area contributed by atoms with Gasteiger partial charge in [0.2, 0.25) is 17.7 Å². The first-order chi connectivity index (χ1) is 45.4. The van der Waals surface area contributed by atoms with Gasteiger partial charge in [-0.1, -0.05) is 0 Å². The van der Waals surface area contributed by atoms with Crippen molar-refractivity contribution in [2.24, 2.45) is 0 Å². The van der Waals surface area contributed by atoms with Crippen LogP contribution in [-0.2, 0) is 154 Å². The number of carbonyl (C=O) groups is 6. The van der Waals surface area contributed by atoms with Gasteiger partial charge in [-0.2, -0.15) is 42.1 Å². The highest BCUT2D eigenvalue weighted by molar-refractivity contribution is 7.81. The van der Waals surface area contributed by atoms with Crippen molar-refractivity contribution < 1.29 is 228 Å². The van der Waals surface area contributed by atoms with Crippen LogP contribution in [0.2, 0.25) is 0 Å². The lowest BCUT2D eigenvalue weighted by molar-refractivity contribution is -0.375. The van der Waals surface area contributed by atoms with E-state index in [-0.39, 0.29) is 0 Å². The highest BCUT2D eigenvalue weighted by Gasteiger charge is 2.62. The Labute approximate surface area is 554 Å². The second-order valence-corrected chi connectivity index (χ2v) is 27.0. The molecule has 6 heterocycles. The van der Waals surface area contributed by atoms with Crippen LogP contribution in [0, 0.1) is 0 Å². The molecule has 6 fully saturated rings. The Morgan fingerprint density at radius 2 is 0.636 bits per heavy atom. The van der Waals surface area contributed by atoms with Gasteiger partial charge in [-0.3, -0.25) is 37.1 Å². The Kier molecular flexibility index (Phi) is 27.8. The van der Waals surface area contributed by atoms with E-state index in [0.29, 0.717) is 13.8 Å². The van der Waals surface area contributed by atoms with Crippen LogP contribution in [0.1, 0.15) is 20.8 Å². The second kappa shape index (κ2) is 33.0. The largest absolute Gasteiger partial charge is 0.479 e. The summed E-state index contributed by atoms with van der Waals surface area (Å²) in [6.45, 7) is -2.81. The molecule has 0 aromatic heterocycles. The molecule has 52 nitrogen and oxygen atoms in total. The van der Waals surface area contributed by atoms with E-state index in [2.05, 4.69) is 20.9 Å². The van der Waals surface area contributed by atoms with Crippen LogP contribution in [0.15, 0.2) is 0 Å². The number of nitrogens with one attached hydrogen (secondary N) is 3. The third kappa shape index (κ3) is 22.0. The van der Waals surface area contributed by atoms with Crippen LogP contribution >= 0.6 is 0 Å². The summed E-state index contributed by atoms with van der Waals surface area (Å²) in [7, 11) is -29.2. The zero-order valence-corrected chi connectivity index (χ0v) is 53.7. The van der Waals surface area contributed by atoms with Crippen LogP contribution in [0.4, 0.5) is 0 Å². The van der Waals surface area contributed by atoms with Crippen molar-refractivity contribution in [2.75, 3.05) is 19.8 Å². The summed E-state index contributed by atoms with van der Waals surface area (Å²) in [6.07, 6.45) is -73.4. The van der Waals surface area contributed by atoms with E-state index in [1.165, 1.54) is 0 Å². The fraction of sp³-hybridized carbons (Fsp3) is 0.857. The molecule has 57 heteroatoms. The van der Waals surface area contributed by atoms with E-state index in [4.69, 9.17) is 52.1 Å². The molecule has 0 spiro atoms. The lowest BCUT2D eigenvalue weighted by atomic mass is 9.93. The molecule has 0 aromatic carbocycles. The quantitative estimate of drug-likeness (QED) is 0.0309. The number of carbonyl (C=O) groups excluding carboxylic acids is 3. The van der Waals surface area contributed by atoms with Gasteiger partial charge in [-0.15, -0.1) is 0 Å². The van der Waals surface area contributed by atoms with Crippen LogP contribution in [-0.4, -0.2) is 366 Å². The van der Waals surface area contributed by atoms with Crippen LogP contribution in [0.25, 0.3) is 0 Å². The minimum absolute atomic E-state index is 0.614. The number of carboxylic acids is 3. The summed E-state index contributed by atoms with van der Waals surface area (Å²) in [5.74, 6) is -10.5. The number of aliphatic carboxylic acids is 3. The Bertz CT molecular complexity index is 3460. The van der Waals surface area contributed by atoms with Crippen LogP contribution < -0.4 is 16.0 Å². The minimum atomic E-state index is -6.10. The number of hydrogen-bond acceptors (Lipinski definition) is 41. The average Bonchev–Trinajstić information content (AvgIpc) is 0.744. The molecule has 1 unspecified atom stereocenters. The smallest absolute Gasteiger partial charge is 0.397 e. The fourth-order valence-electron chi connectivity index (χ4n) is 10.6. The number of hydrogen-bond donors (Lipinski definition) is 20. The van der Waals surface area contributed by atoms with Crippen molar-refractivity contribution in [3.05, 3.63) is 0 Å². The summed E-state index contributed by atoms with van der Waals surface area (Å²) >= 11 is 0. The zero-order chi connectivity index (χ0) is 74.8. The Morgan fingerprint density at radius 1 is 0.343 bits per heavy atom. The van der Waals surface area contributed by atoms with Crippen molar-refractivity contribution in [3.63, 3.8) is 0 Å². The molecule has 0 radical (unpaired) electrons. The van der Waals surface area contributed by atoms with Crippen LogP contribution in [0.5, 0.6) is 0 Å². The molecule has 6 aliphatic heterocycles. The molecule has 3 amide bonds. The van der Waals surface area contributed by atoms with E-state index in [9.17, 15) is 155 Å². The molecule has 0 saturated carbocycles. The molecule has 0 aliphatic carbocycles. The number of ether oxygens (including phenoxy) is 11. The first-order valence-electron chi connectivity index (χ1n) is 27.4. The average molecular weight is 1560 g/mol. The highest BCUT2D eigenvalue weighted by Crippen LogP contribution is 2.39. The predicted molar refractivity (Wildman–Crippen MR) is 288 cm³/mol. The summed E-state index contributed by atoms with van der Waals surface area (Å²) < 4.78 is 253. The molecule has 6 rings (SSSR count). The van der Waals surface area contributed by atoms with Gasteiger partial charge in [0.1, 0.15) is 128 Å². The summed E-state index contributed by atoms with van der Waals surface area (Å²) in [5.41, 5.74) is 0. The van der Waals surface area contributed by atoms with Gasteiger partial charge in [-0.25, -0.2) is 35.3 Å². The molecule has 6 aliphatic rings. The van der Waals surface area contributed by atoms with E-state index in [0.717, 1.165) is 6.92 Å². The minimum Gasteiger partial charge on any atom is -0.479 e. The summed E-state index contributed by atoms with van der Waals surface area (Å²) in [5, 5.41) is 136. The van der Waals surface area contributed by atoms with Gasteiger partial charge >= 0.3 is 69.9 Å². The lowest BCUT2D eigenvalue weighted by Crippen LogP contribution is -2.72. The van der Waals surface area contributed by atoms with E-state index in [1.807, 2.05) is 16.0 Å². The van der Waals surface area contributed by atoms with Gasteiger partial charge in [0, 0.05) is 20.8 Å². The normalized spacial score (nSPS) is 40.4. The molecule has 0 aromatic rings. The molecular weight excluding hydrogens is 1490 g/mol. The zero-order valence-electron chi connectivity index (χ0n) is 49.6. The monoisotopic (exact) mass is 1560 g/mol. The maximum atomic E-state index is 13.3. The molecule has 99 heavy (non-hydrogen) atoms. The number of carboxylic acid groups (broad SMARTS) is 3. The number of aliphatic hydroxyl groups is 9. The fourth-order valence-corrected chi connectivity index (χ4v) is 12.8. The van der Waals surface area contributed by atoms with E-state index in [1.54, 1.807) is 0 Å². The number of amides is 3. The Balaban J connectivity index is 1.42. The third-order valence-electron chi connectivity index (χ3n) is 14.6. The molecular formula is C42H65N3O49S5. The van der Waals surface area contributed by atoms with Gasteiger partial charge in [0.05, 0.1) is 19.8 Å². The molecule has 6 saturated heterocycles. The summed E-state index contributed by atoms with van der Waals surface area (Å²) in [4.78, 5) is 76.6. The van der Waals surface area contributed by atoms with Gasteiger partial charge < -0.3 is 129 Å². The lowest BCUT2D eigenvalue weighted by Gasteiger charge is -2.51. The summed E-state index contributed by atoms with van der Waals surface area (Å²) in [6, 6.07) is -7.24. The SMILES string of the molecule is CC(=O)N[C@H]1[C@H](O[C@H]2[C@H](O)[C@@H](O)[C@H](O[C@@H]3[C@@H](NC(C)=O)[C@H](O[C@H]4[C@H](O)[C@@H](O)[C@H](O[C@H]5[C@@H](OS(=O)(=O)O)[C@@H](CO)OC(O)[C@@H]5NC(C)=O)O[C@@H]4C(=O)O)O[C@H](COS(=O)(=O)O)[C@@H]3OS(=O)(=O)O)O[C@@H]2C(=O)O)O[C@H](COS(=O)(=O)O)[C@H](OS(=O)(=O)O)[C@@H]1O[C@@H]1O[C@H](C(=O)O)[C@@H](O)[C@H](O)[C@H]1O. The first-order valence-corrected chi connectivity index (χ1v) is 34.2. The van der Waals surface area contributed by atoms with Crippen molar-refractivity contribution in [1.29, 1.82) is 0 Å². The molecule has 0 bridgehead atoms. The van der Waals surface area contributed by atoms with Gasteiger partial charge in [-0.05, 0) is 0 Å². The number of aliphatic hydroxyl groups excluding tert-OH is 9. The standard InChI is InChI=1S/C42H65N3O49S5/c1-7(47)43-13-26(23(92-97(70,71)72)10(4-46)81-37(13)63)84-41-21(55)18(52)29(32(90-41)35(59)60)87-39-15(45-9(3)49)28(25(94-99(76,77)78)12(83-39)6-80-96(67,68)69)86-42-22(56)19(53)30(33(91-42)36(61)62)88-38-14(44-8(2)48)27(85-40-20(54)16(50)17(51)31(89-40)34(57)58)24(93-98(73,74)75)11(82-38)5-79-95(64,65)66/h10-33,37-42,46,50-56,63H,4-6H2,1-3H3,(H,43,47)(H,44,48)(H,45,49)(H,57,58)(H,59,60)(H,61,62)(H,64,65,66)(H,67,68,69)(H,70,71,72)(H,73,74,75)(H,76,77,78)/t10-,11-,12-,13-,14-,15-,16+,17+,18-,19-,20-,21-,22-,23+,24+,25+,26-,27-,28-,29+,30+,31+,32+,33+,37?,38+,39+,40-,41-,42-/m1/s1. The van der Waals surface area contributed by atoms with Crippen molar-refractivity contribution >= 4 is 87.6 Å². The third-order valence-corrected chi connectivity index (χ3v) is 16.8. The maximum Gasteiger partial charge on any atom is 0.397 e. The van der Waals surface area contributed by atoms with Crippen molar-refractivity contribution in [1.82, 2.24) is 16.0 Å². The van der Waals surface area contributed by atoms with Gasteiger partial charge in [0.15, 0.2) is 56.1 Å². The van der Waals surface area contributed by atoms with Crippen LogP contribution in [0.3, 0.4) is 0 Å². The van der Waals surface area contributed by atoms with E-state index < -0.39 is 291 Å². The molecule has 30 atom stereocenters. The first kappa shape index (κ1) is 83.3. The number of rotatable bonds is 29. The van der Waals surface area contributed by atoms with Gasteiger partial charge in [0.25, 0.3) is 0 Å². The Hall–Kier alpha value is -4.63. The molecule has 20 N–H and O–H groups in total. The second-order valence-electron chi connectivity index (χ2n) is 21.6. The maximum absolute atomic E-state index is 13.3. The highest BCUT2D eigenvalue weighted by atomic mass is 32.3. The Morgan fingerprint density at radius 3 is 0.939 bits per heavy atom. The predicted octanol–water partition coefficient (Wildman–Crippen LogP) is -14.3.